The van der Waals surface area contributed by atoms with Crippen molar-refractivity contribution in [2.45, 2.75) is 24.8 Å². The molecule has 3 aromatic carbocycles. The van der Waals surface area contributed by atoms with Crippen molar-refractivity contribution in [2.75, 3.05) is 0 Å². The lowest BCUT2D eigenvalue weighted by molar-refractivity contribution is -0.149. The Morgan fingerprint density at radius 1 is 1.00 bits per heavy atom. The highest BCUT2D eigenvalue weighted by atomic mass is 32.2. The molecule has 1 aliphatic carbocycles. The predicted molar refractivity (Wildman–Crippen MR) is 130 cm³/mol. The molecule has 4 nitrogen and oxygen atoms in total. The van der Waals surface area contributed by atoms with E-state index >= 15 is 0 Å². The Hall–Kier alpha value is -3.49. The zero-order chi connectivity index (χ0) is 23.3. The summed E-state index contributed by atoms with van der Waals surface area (Å²) in [5.41, 5.74) is 0.382. The number of hydrogen-bond donors (Lipinski definition) is 0. The summed E-state index contributed by atoms with van der Waals surface area (Å²) in [5, 5.41) is 11.7. The van der Waals surface area contributed by atoms with Crippen molar-refractivity contribution in [3.8, 4) is 17.6 Å². The third kappa shape index (κ3) is 5.47. The van der Waals surface area contributed by atoms with Crippen molar-refractivity contribution in [3.05, 3.63) is 102 Å². The highest BCUT2D eigenvalue weighted by molar-refractivity contribution is 8.02. The Morgan fingerprint density at radius 2 is 1.67 bits per heavy atom. The summed E-state index contributed by atoms with van der Waals surface area (Å²) in [7, 11) is 0. The van der Waals surface area contributed by atoms with Gasteiger partial charge in [-0.05, 0) is 53.1 Å². The smallest absolute Gasteiger partial charge is 0.311 e. The SMILES string of the molecule is CC1(C)[C@H](C(=O)OC(C#N)c2cccc(Oc3ccccc3)c2)[C@@H]1C=CSc1ccccc1. The minimum absolute atomic E-state index is 0.0771. The highest BCUT2D eigenvalue weighted by Crippen LogP contribution is 2.60. The number of esters is 1. The number of thioether (sulfide) groups is 1. The standard InChI is InChI=1S/C28H25NO3S/c1-28(2)24(16-17-33-23-14-7-4-8-15-23)26(28)27(30)32-25(19-29)20-10-9-13-22(18-20)31-21-11-5-3-6-12-21/h3-18,24-26H,1-2H3/t24-,25?,26-/m0/s1. The van der Waals surface area contributed by atoms with E-state index in [4.69, 9.17) is 9.47 Å². The summed E-state index contributed by atoms with van der Waals surface area (Å²) in [5.74, 6) is 0.738. The lowest BCUT2D eigenvalue weighted by atomic mass is 10.1. The largest absolute Gasteiger partial charge is 0.457 e. The molecule has 0 saturated heterocycles. The second-order valence-electron chi connectivity index (χ2n) is 8.52. The lowest BCUT2D eigenvalue weighted by Gasteiger charge is -2.13. The van der Waals surface area contributed by atoms with Gasteiger partial charge < -0.3 is 9.47 Å². The van der Waals surface area contributed by atoms with Gasteiger partial charge in [0.15, 0.2) is 0 Å². The number of ether oxygens (including phenoxy) is 2. The summed E-state index contributed by atoms with van der Waals surface area (Å²) >= 11 is 1.62. The van der Waals surface area contributed by atoms with E-state index in [2.05, 4.69) is 26.0 Å². The van der Waals surface area contributed by atoms with Crippen LogP contribution in [0.25, 0.3) is 0 Å². The molecule has 33 heavy (non-hydrogen) atoms. The molecular weight excluding hydrogens is 430 g/mol. The Morgan fingerprint density at radius 3 is 2.36 bits per heavy atom. The van der Waals surface area contributed by atoms with Gasteiger partial charge in [0.25, 0.3) is 0 Å². The topological polar surface area (TPSA) is 59.3 Å². The van der Waals surface area contributed by atoms with Crippen molar-refractivity contribution >= 4 is 17.7 Å². The van der Waals surface area contributed by atoms with Crippen LogP contribution in [-0.4, -0.2) is 5.97 Å². The van der Waals surface area contributed by atoms with Crippen molar-refractivity contribution in [2.24, 2.45) is 17.3 Å². The average molecular weight is 456 g/mol. The molecule has 0 spiro atoms. The maximum atomic E-state index is 12.9. The second kappa shape index (κ2) is 9.97. The van der Waals surface area contributed by atoms with Crippen LogP contribution in [-0.2, 0) is 9.53 Å². The van der Waals surface area contributed by atoms with E-state index in [9.17, 15) is 10.1 Å². The molecule has 0 aliphatic heterocycles. The van der Waals surface area contributed by atoms with E-state index in [1.54, 1.807) is 30.0 Å². The fourth-order valence-electron chi connectivity index (χ4n) is 3.91. The first-order valence-electron chi connectivity index (χ1n) is 10.8. The van der Waals surface area contributed by atoms with E-state index in [0.29, 0.717) is 17.1 Å². The van der Waals surface area contributed by atoms with Crippen LogP contribution in [0.4, 0.5) is 0 Å². The van der Waals surface area contributed by atoms with Gasteiger partial charge in [-0.1, -0.05) is 80.2 Å². The van der Waals surface area contributed by atoms with Crippen LogP contribution in [0.15, 0.2) is 101 Å². The second-order valence-corrected chi connectivity index (χ2v) is 9.50. The van der Waals surface area contributed by atoms with Crippen molar-refractivity contribution < 1.29 is 14.3 Å². The first kappa shape index (κ1) is 22.7. The molecule has 1 saturated carbocycles. The van der Waals surface area contributed by atoms with E-state index in [0.717, 1.165) is 4.90 Å². The molecule has 5 heteroatoms. The number of nitriles is 1. The fraction of sp³-hybridized carbons (Fsp3) is 0.214. The number of nitrogens with zero attached hydrogens (tertiary/aromatic N) is 1. The summed E-state index contributed by atoms with van der Waals surface area (Å²) in [4.78, 5) is 14.1. The normalized spacial score (nSPS) is 19.4. The number of hydrogen-bond acceptors (Lipinski definition) is 5. The molecule has 4 rings (SSSR count). The number of para-hydroxylation sites is 1. The summed E-state index contributed by atoms with van der Waals surface area (Å²) in [6.45, 7) is 4.10. The summed E-state index contributed by atoms with van der Waals surface area (Å²) in [6.07, 6.45) is 1.08. The van der Waals surface area contributed by atoms with Crippen molar-refractivity contribution in [1.29, 1.82) is 5.26 Å². The van der Waals surface area contributed by atoms with Crippen LogP contribution in [0, 0.1) is 28.6 Å². The number of rotatable bonds is 8. The molecule has 0 radical (unpaired) electrons. The maximum absolute atomic E-state index is 12.9. The van der Waals surface area contributed by atoms with E-state index in [1.165, 1.54) is 0 Å². The lowest BCUT2D eigenvalue weighted by Crippen LogP contribution is -2.14. The molecule has 0 heterocycles. The first-order chi connectivity index (χ1) is 16.0. The van der Waals surface area contributed by atoms with Crippen LogP contribution in [0.1, 0.15) is 25.5 Å². The molecule has 0 amide bonds. The Balaban J connectivity index is 1.39. The first-order valence-corrected chi connectivity index (χ1v) is 11.7. The number of allylic oxidation sites excluding steroid dienone is 1. The van der Waals surface area contributed by atoms with Crippen LogP contribution in [0.5, 0.6) is 11.5 Å². The van der Waals surface area contributed by atoms with Gasteiger partial charge in [0.05, 0.1) is 5.92 Å². The Kier molecular flexibility index (Phi) is 6.86. The van der Waals surface area contributed by atoms with Crippen LogP contribution in [0.3, 0.4) is 0 Å². The maximum Gasteiger partial charge on any atom is 0.311 e. The highest BCUT2D eigenvalue weighted by Gasteiger charge is 2.61. The minimum Gasteiger partial charge on any atom is -0.457 e. The third-order valence-corrected chi connectivity index (χ3v) is 6.73. The van der Waals surface area contributed by atoms with Crippen molar-refractivity contribution in [3.63, 3.8) is 0 Å². The van der Waals surface area contributed by atoms with Gasteiger partial charge in [-0.25, -0.2) is 0 Å². The average Bonchev–Trinajstić information content (AvgIpc) is 3.39. The van der Waals surface area contributed by atoms with Gasteiger partial charge in [0, 0.05) is 10.5 Å². The van der Waals surface area contributed by atoms with Crippen LogP contribution < -0.4 is 4.74 Å². The Bertz CT molecular complexity index is 1170. The fourth-order valence-corrected chi connectivity index (χ4v) is 4.63. The number of carbonyl (C=O) groups excluding carboxylic acids is 1. The van der Waals surface area contributed by atoms with E-state index in [-0.39, 0.29) is 23.2 Å². The van der Waals surface area contributed by atoms with Crippen molar-refractivity contribution in [1.82, 2.24) is 0 Å². The summed E-state index contributed by atoms with van der Waals surface area (Å²) in [6, 6.07) is 28.7. The number of carbonyl (C=O) groups is 1. The van der Waals surface area contributed by atoms with Gasteiger partial charge in [0.1, 0.15) is 17.6 Å². The monoisotopic (exact) mass is 455 g/mol. The molecule has 3 atom stereocenters. The minimum atomic E-state index is -0.989. The molecule has 0 aromatic heterocycles. The molecular formula is C28H25NO3S. The predicted octanol–water partition coefficient (Wildman–Crippen LogP) is 7.16. The van der Waals surface area contributed by atoms with Gasteiger partial charge in [-0.3, -0.25) is 4.79 Å². The van der Waals surface area contributed by atoms with Gasteiger partial charge in [-0.2, -0.15) is 5.26 Å². The molecule has 1 unspecified atom stereocenters. The van der Waals surface area contributed by atoms with Gasteiger partial charge in [-0.15, -0.1) is 0 Å². The molecule has 1 aliphatic rings. The van der Waals surface area contributed by atoms with E-state index in [1.807, 2.05) is 72.1 Å². The zero-order valence-corrected chi connectivity index (χ0v) is 19.4. The zero-order valence-electron chi connectivity index (χ0n) is 18.5. The van der Waals surface area contributed by atoms with E-state index < -0.39 is 6.10 Å². The molecule has 0 N–H and O–H groups in total. The summed E-state index contributed by atoms with van der Waals surface area (Å²) < 4.78 is 11.5. The molecule has 0 bridgehead atoms. The number of benzene rings is 3. The molecule has 1 fully saturated rings. The van der Waals surface area contributed by atoms with Gasteiger partial charge in [0.2, 0.25) is 6.10 Å². The quantitative estimate of drug-likeness (QED) is 0.266. The van der Waals surface area contributed by atoms with Gasteiger partial charge >= 0.3 is 5.97 Å². The molecule has 3 aromatic rings. The third-order valence-electron chi connectivity index (χ3n) is 5.89. The van der Waals surface area contributed by atoms with Crippen LogP contribution in [0.2, 0.25) is 0 Å². The van der Waals surface area contributed by atoms with Crippen LogP contribution >= 0.6 is 11.8 Å². The Labute approximate surface area is 198 Å². The molecule has 166 valence electrons.